The summed E-state index contributed by atoms with van der Waals surface area (Å²) in [7, 11) is 0. The lowest BCUT2D eigenvalue weighted by molar-refractivity contribution is 0.0780. The van der Waals surface area contributed by atoms with Gasteiger partial charge in [0, 0.05) is 17.7 Å². The maximum absolute atomic E-state index is 12.6. The van der Waals surface area contributed by atoms with Crippen LogP contribution in [0.2, 0.25) is 0 Å². The summed E-state index contributed by atoms with van der Waals surface area (Å²) in [6, 6.07) is 12.9. The molecule has 0 radical (unpaired) electrons. The van der Waals surface area contributed by atoms with E-state index in [2.05, 4.69) is 6.92 Å². The first-order chi connectivity index (χ1) is 12.2. The Balaban J connectivity index is 1.62. The zero-order valence-electron chi connectivity index (χ0n) is 14.7. The molecule has 1 aliphatic heterocycles. The Bertz CT molecular complexity index is 724. The van der Waals surface area contributed by atoms with Gasteiger partial charge in [-0.25, -0.2) is 0 Å². The van der Waals surface area contributed by atoms with Gasteiger partial charge in [-0.15, -0.1) is 0 Å². The topological polar surface area (TPSA) is 49.8 Å². The molecule has 4 nitrogen and oxygen atoms in total. The van der Waals surface area contributed by atoms with Crippen LogP contribution in [0.5, 0.6) is 11.5 Å². The van der Waals surface area contributed by atoms with Gasteiger partial charge in [0.15, 0.2) is 0 Å². The summed E-state index contributed by atoms with van der Waals surface area (Å²) in [6.07, 6.45) is 4.14. The first-order valence-corrected chi connectivity index (χ1v) is 9.01. The number of hydrogen-bond donors (Lipinski definition) is 1. The second-order valence-electron chi connectivity index (χ2n) is 6.48. The SMILES string of the molecule is CCCCCOc1cccc2c1CN(CCc1ccc(O)cc1)C2=O. The van der Waals surface area contributed by atoms with E-state index in [-0.39, 0.29) is 11.7 Å². The molecule has 1 amide bonds. The third-order valence-electron chi connectivity index (χ3n) is 4.61. The fourth-order valence-electron chi connectivity index (χ4n) is 3.14. The van der Waals surface area contributed by atoms with Crippen molar-refractivity contribution >= 4 is 5.91 Å². The highest BCUT2D eigenvalue weighted by Gasteiger charge is 2.29. The lowest BCUT2D eigenvalue weighted by Gasteiger charge is -2.16. The quantitative estimate of drug-likeness (QED) is 0.735. The van der Waals surface area contributed by atoms with Crippen molar-refractivity contribution in [2.75, 3.05) is 13.2 Å². The Morgan fingerprint density at radius 3 is 2.68 bits per heavy atom. The molecule has 2 aromatic rings. The third kappa shape index (κ3) is 4.13. The molecule has 0 aliphatic carbocycles. The zero-order valence-corrected chi connectivity index (χ0v) is 14.7. The average Bonchev–Trinajstić information content (AvgIpc) is 2.95. The van der Waals surface area contributed by atoms with Crippen LogP contribution in [0.4, 0.5) is 0 Å². The smallest absolute Gasteiger partial charge is 0.254 e. The van der Waals surface area contributed by atoms with Crippen molar-refractivity contribution in [1.29, 1.82) is 0 Å². The maximum atomic E-state index is 12.6. The van der Waals surface area contributed by atoms with Crippen molar-refractivity contribution in [3.05, 3.63) is 59.2 Å². The molecule has 3 rings (SSSR count). The number of ether oxygens (including phenoxy) is 1. The number of amides is 1. The maximum Gasteiger partial charge on any atom is 0.254 e. The molecule has 0 atom stereocenters. The number of unbranched alkanes of at least 4 members (excludes halogenated alkanes) is 2. The van der Waals surface area contributed by atoms with E-state index in [0.29, 0.717) is 19.7 Å². The van der Waals surface area contributed by atoms with Gasteiger partial charge >= 0.3 is 0 Å². The molecule has 2 aromatic carbocycles. The Morgan fingerprint density at radius 2 is 1.92 bits per heavy atom. The van der Waals surface area contributed by atoms with Crippen molar-refractivity contribution in [2.24, 2.45) is 0 Å². The predicted molar refractivity (Wildman–Crippen MR) is 98.0 cm³/mol. The van der Waals surface area contributed by atoms with Crippen LogP contribution in [0.15, 0.2) is 42.5 Å². The monoisotopic (exact) mass is 339 g/mol. The Kier molecular flexibility index (Phi) is 5.59. The Hall–Kier alpha value is -2.49. The van der Waals surface area contributed by atoms with Crippen molar-refractivity contribution in [2.45, 2.75) is 39.2 Å². The van der Waals surface area contributed by atoms with Crippen LogP contribution in [0, 0.1) is 0 Å². The summed E-state index contributed by atoms with van der Waals surface area (Å²) in [5, 5.41) is 9.35. The van der Waals surface area contributed by atoms with Gasteiger partial charge in [0.05, 0.1) is 13.2 Å². The largest absolute Gasteiger partial charge is 0.508 e. The highest BCUT2D eigenvalue weighted by molar-refractivity contribution is 5.99. The molecule has 0 spiro atoms. The molecule has 0 aromatic heterocycles. The number of benzene rings is 2. The van der Waals surface area contributed by atoms with Gasteiger partial charge in [-0.3, -0.25) is 4.79 Å². The molecular weight excluding hydrogens is 314 g/mol. The van der Waals surface area contributed by atoms with Crippen LogP contribution in [0.25, 0.3) is 0 Å². The van der Waals surface area contributed by atoms with Crippen LogP contribution >= 0.6 is 0 Å². The fourth-order valence-corrected chi connectivity index (χ4v) is 3.14. The van der Waals surface area contributed by atoms with Gasteiger partial charge in [0.25, 0.3) is 5.91 Å². The summed E-state index contributed by atoms with van der Waals surface area (Å²) in [5.41, 5.74) is 2.88. The molecule has 0 saturated heterocycles. The molecule has 1 aliphatic rings. The Morgan fingerprint density at radius 1 is 1.12 bits per heavy atom. The van der Waals surface area contributed by atoms with Gasteiger partial charge in [-0.05, 0) is 42.7 Å². The van der Waals surface area contributed by atoms with Crippen molar-refractivity contribution in [3.63, 3.8) is 0 Å². The lowest BCUT2D eigenvalue weighted by Crippen LogP contribution is -2.26. The lowest BCUT2D eigenvalue weighted by atomic mass is 10.1. The predicted octanol–water partition coefficient (Wildman–Crippen LogP) is 4.16. The van der Waals surface area contributed by atoms with Crippen LogP contribution in [0.1, 0.15) is 47.7 Å². The summed E-state index contributed by atoms with van der Waals surface area (Å²) in [4.78, 5) is 14.5. The third-order valence-corrected chi connectivity index (χ3v) is 4.61. The van der Waals surface area contributed by atoms with Crippen molar-refractivity contribution in [1.82, 2.24) is 4.90 Å². The molecule has 0 unspecified atom stereocenters. The normalized spacial score (nSPS) is 13.2. The molecule has 1 N–H and O–H groups in total. The number of carbonyl (C=O) groups is 1. The number of aromatic hydroxyl groups is 1. The van der Waals surface area contributed by atoms with E-state index in [4.69, 9.17) is 4.74 Å². The second-order valence-corrected chi connectivity index (χ2v) is 6.48. The molecule has 25 heavy (non-hydrogen) atoms. The second kappa shape index (κ2) is 8.06. The first-order valence-electron chi connectivity index (χ1n) is 9.01. The number of phenolic OH excluding ortho intramolecular Hbond substituents is 1. The number of nitrogens with zero attached hydrogens (tertiary/aromatic N) is 1. The minimum absolute atomic E-state index is 0.0767. The van der Waals surface area contributed by atoms with Crippen LogP contribution in [-0.4, -0.2) is 29.1 Å². The Labute approximate surface area is 149 Å². The van der Waals surface area contributed by atoms with Crippen LogP contribution in [0.3, 0.4) is 0 Å². The van der Waals surface area contributed by atoms with E-state index in [1.807, 2.05) is 35.2 Å². The number of hydrogen-bond acceptors (Lipinski definition) is 3. The highest BCUT2D eigenvalue weighted by Crippen LogP contribution is 2.31. The van der Waals surface area contributed by atoms with E-state index < -0.39 is 0 Å². The molecule has 132 valence electrons. The van der Waals surface area contributed by atoms with Gasteiger partial charge in [-0.1, -0.05) is 38.0 Å². The number of phenols is 1. The minimum Gasteiger partial charge on any atom is -0.508 e. The molecular formula is C21H25NO3. The molecule has 1 heterocycles. The highest BCUT2D eigenvalue weighted by atomic mass is 16.5. The van der Waals surface area contributed by atoms with Crippen molar-refractivity contribution in [3.8, 4) is 11.5 Å². The number of carbonyl (C=O) groups excluding carboxylic acids is 1. The van der Waals surface area contributed by atoms with Gasteiger partial charge in [0.1, 0.15) is 11.5 Å². The van der Waals surface area contributed by atoms with E-state index in [1.165, 1.54) is 6.42 Å². The van der Waals surface area contributed by atoms with E-state index in [9.17, 15) is 9.90 Å². The number of fused-ring (bicyclic) bond motifs is 1. The molecule has 4 heteroatoms. The fraction of sp³-hybridized carbons (Fsp3) is 0.381. The zero-order chi connectivity index (χ0) is 17.6. The number of rotatable bonds is 8. The van der Waals surface area contributed by atoms with Crippen LogP contribution in [-0.2, 0) is 13.0 Å². The summed E-state index contributed by atoms with van der Waals surface area (Å²) in [6.45, 7) is 4.14. The van der Waals surface area contributed by atoms with Crippen LogP contribution < -0.4 is 4.74 Å². The minimum atomic E-state index is 0.0767. The first kappa shape index (κ1) is 17.3. The van der Waals surface area contributed by atoms with E-state index in [1.54, 1.807) is 12.1 Å². The van der Waals surface area contributed by atoms with Gasteiger partial charge in [-0.2, -0.15) is 0 Å². The molecule has 0 bridgehead atoms. The molecule has 0 saturated carbocycles. The van der Waals surface area contributed by atoms with E-state index in [0.717, 1.165) is 41.7 Å². The summed E-state index contributed by atoms with van der Waals surface area (Å²) < 4.78 is 5.92. The average molecular weight is 339 g/mol. The summed E-state index contributed by atoms with van der Waals surface area (Å²) in [5.74, 6) is 1.18. The van der Waals surface area contributed by atoms with Gasteiger partial charge in [0.2, 0.25) is 0 Å². The standard InChI is InChI=1S/C21H25NO3/c1-2-3-4-14-25-20-7-5-6-18-19(20)15-22(21(18)24)13-12-16-8-10-17(23)11-9-16/h5-11,23H,2-4,12-15H2,1H3. The molecule has 0 fully saturated rings. The van der Waals surface area contributed by atoms with Gasteiger partial charge < -0.3 is 14.7 Å². The summed E-state index contributed by atoms with van der Waals surface area (Å²) >= 11 is 0. The van der Waals surface area contributed by atoms with E-state index >= 15 is 0 Å². The van der Waals surface area contributed by atoms with Crippen molar-refractivity contribution < 1.29 is 14.6 Å².